The van der Waals surface area contributed by atoms with E-state index in [-0.39, 0.29) is 25.7 Å². The van der Waals surface area contributed by atoms with Gasteiger partial charge in [-0.05, 0) is 43.4 Å². The predicted octanol–water partition coefficient (Wildman–Crippen LogP) is 22.2. The number of carbonyl (C=O) groups is 4. The van der Waals surface area contributed by atoms with Gasteiger partial charge in [0.15, 0.2) is 12.2 Å². The van der Waals surface area contributed by atoms with Crippen LogP contribution in [0, 0.1) is 17.8 Å². The topological polar surface area (TPSA) is 237 Å². The van der Waals surface area contributed by atoms with Gasteiger partial charge in [0.05, 0.1) is 26.4 Å². The lowest BCUT2D eigenvalue weighted by molar-refractivity contribution is -0.161. The van der Waals surface area contributed by atoms with E-state index < -0.39 is 97.5 Å². The SMILES string of the molecule is CCCCCCCCCCCCCC(=O)OC[C@H](COP(=O)(O)OC[C@H](O)COP(=O)(O)OC[C@@H](COC(=O)CCCCCCCCCCCCCCC(C)C)OC(=O)CCCCCCCCCCCCCCCCCC(C)C)OC(=O)CCCCCCCCCCC(C)C. The summed E-state index contributed by atoms with van der Waals surface area (Å²) in [6, 6.07) is 0. The second-order valence-electron chi connectivity index (χ2n) is 28.8. The van der Waals surface area contributed by atoms with Gasteiger partial charge in [0.25, 0.3) is 0 Å². The number of rotatable bonds is 74. The summed E-state index contributed by atoms with van der Waals surface area (Å²) in [7, 11) is -9.91. The zero-order valence-electron chi connectivity index (χ0n) is 62.1. The second-order valence-corrected chi connectivity index (χ2v) is 31.7. The zero-order valence-corrected chi connectivity index (χ0v) is 63.9. The Balaban J connectivity index is 5.24. The summed E-state index contributed by atoms with van der Waals surface area (Å²) >= 11 is 0. The minimum Gasteiger partial charge on any atom is -0.462 e. The molecule has 0 radical (unpaired) electrons. The summed E-state index contributed by atoms with van der Waals surface area (Å²) in [6.07, 6.45) is 52.7. The molecule has 0 amide bonds. The zero-order chi connectivity index (χ0) is 70.1. The fraction of sp³-hybridized carbons (Fsp3) is 0.947. The molecule has 0 fully saturated rings. The van der Waals surface area contributed by atoms with Crippen molar-refractivity contribution >= 4 is 39.5 Å². The Morgan fingerprint density at radius 1 is 0.284 bits per heavy atom. The minimum absolute atomic E-state index is 0.105. The van der Waals surface area contributed by atoms with Gasteiger partial charge in [-0.2, -0.15) is 0 Å². The molecular weight excluding hydrogens is 1250 g/mol. The van der Waals surface area contributed by atoms with Crippen molar-refractivity contribution in [3.05, 3.63) is 0 Å². The van der Waals surface area contributed by atoms with Crippen molar-refractivity contribution in [3.63, 3.8) is 0 Å². The highest BCUT2D eigenvalue weighted by molar-refractivity contribution is 7.47. The smallest absolute Gasteiger partial charge is 0.462 e. The monoisotopic (exact) mass is 1400 g/mol. The first-order valence-corrected chi connectivity index (χ1v) is 42.3. The van der Waals surface area contributed by atoms with Crippen LogP contribution in [0.4, 0.5) is 0 Å². The molecule has 0 saturated carbocycles. The van der Waals surface area contributed by atoms with Gasteiger partial charge in [-0.25, -0.2) is 9.13 Å². The lowest BCUT2D eigenvalue weighted by Crippen LogP contribution is -2.30. The molecule has 0 saturated heterocycles. The molecule has 3 N–H and O–H groups in total. The number of ether oxygens (including phenoxy) is 4. The highest BCUT2D eigenvalue weighted by atomic mass is 31.2. The molecule has 2 unspecified atom stereocenters. The van der Waals surface area contributed by atoms with Gasteiger partial charge < -0.3 is 33.8 Å². The Labute approximate surface area is 581 Å². The van der Waals surface area contributed by atoms with Gasteiger partial charge in [-0.1, -0.05) is 337 Å². The van der Waals surface area contributed by atoms with Crippen LogP contribution in [-0.4, -0.2) is 96.7 Å². The summed E-state index contributed by atoms with van der Waals surface area (Å²) in [5.74, 6) is 0.185. The third kappa shape index (κ3) is 70.3. The lowest BCUT2D eigenvalue weighted by atomic mass is 10.0. The maximum atomic E-state index is 13.1. The standard InChI is InChI=1S/C76H148O17P2/c1-8-9-10-11-12-13-21-28-36-43-50-57-73(78)86-64-72(93-76(81)60-53-46-39-32-31-35-42-49-56-69(6)7)66-91-95(84,85)89-62-70(77)61-88-94(82,83)90-65-71(63-87-74(79)58-51-44-37-29-24-20-19-23-27-34-41-48-55-68(4)5)92-75(80)59-52-45-38-30-25-18-16-14-15-17-22-26-33-40-47-54-67(2)3/h67-72,77H,8-66H2,1-7H3,(H,82,83)(H,84,85)/t70-,71-,72-/m1/s1. The molecule has 5 atom stereocenters. The van der Waals surface area contributed by atoms with E-state index in [2.05, 4.69) is 48.5 Å². The molecule has 19 heteroatoms. The summed E-state index contributed by atoms with van der Waals surface area (Å²) in [4.78, 5) is 72.8. The first-order valence-electron chi connectivity index (χ1n) is 39.3. The number of hydrogen-bond acceptors (Lipinski definition) is 15. The maximum absolute atomic E-state index is 13.1. The predicted molar refractivity (Wildman–Crippen MR) is 386 cm³/mol. The van der Waals surface area contributed by atoms with Crippen molar-refractivity contribution in [2.75, 3.05) is 39.6 Å². The average molecular weight is 1400 g/mol. The van der Waals surface area contributed by atoms with E-state index in [0.717, 1.165) is 108 Å². The molecule has 0 aliphatic carbocycles. The number of hydrogen-bond donors (Lipinski definition) is 3. The van der Waals surface area contributed by atoms with Gasteiger partial charge >= 0.3 is 39.5 Å². The first-order chi connectivity index (χ1) is 45.7. The first kappa shape index (κ1) is 93.1. The van der Waals surface area contributed by atoms with Crippen molar-refractivity contribution in [2.45, 2.75) is 407 Å². The number of phosphoric ester groups is 2. The van der Waals surface area contributed by atoms with E-state index in [4.69, 9.17) is 37.0 Å². The Hall–Kier alpha value is -1.94. The van der Waals surface area contributed by atoms with E-state index in [0.29, 0.717) is 25.7 Å². The molecule has 0 bridgehead atoms. The summed E-state index contributed by atoms with van der Waals surface area (Å²) in [5.41, 5.74) is 0. The number of carbonyl (C=O) groups excluding carboxylic acids is 4. The minimum atomic E-state index is -4.96. The highest BCUT2D eigenvalue weighted by Gasteiger charge is 2.30. The van der Waals surface area contributed by atoms with Crippen LogP contribution in [0.5, 0.6) is 0 Å². The molecule has 564 valence electrons. The Morgan fingerprint density at radius 3 is 0.716 bits per heavy atom. The van der Waals surface area contributed by atoms with Gasteiger partial charge in [-0.3, -0.25) is 37.3 Å². The quantitative estimate of drug-likeness (QED) is 0.0222. The van der Waals surface area contributed by atoms with Crippen molar-refractivity contribution in [2.24, 2.45) is 17.8 Å². The van der Waals surface area contributed by atoms with E-state index in [1.807, 2.05) is 0 Å². The van der Waals surface area contributed by atoms with Crippen molar-refractivity contribution in [1.82, 2.24) is 0 Å². The molecule has 0 aromatic rings. The largest absolute Gasteiger partial charge is 0.472 e. The fourth-order valence-electron chi connectivity index (χ4n) is 11.6. The van der Waals surface area contributed by atoms with E-state index in [1.54, 1.807) is 0 Å². The Kier molecular flexibility index (Phi) is 65.2. The van der Waals surface area contributed by atoms with Gasteiger partial charge in [-0.15, -0.1) is 0 Å². The van der Waals surface area contributed by atoms with E-state index >= 15 is 0 Å². The molecule has 0 heterocycles. The van der Waals surface area contributed by atoms with Crippen LogP contribution in [0.2, 0.25) is 0 Å². The fourth-order valence-corrected chi connectivity index (χ4v) is 13.2. The summed E-state index contributed by atoms with van der Waals surface area (Å²) in [6.45, 7) is 11.9. The van der Waals surface area contributed by atoms with Crippen molar-refractivity contribution in [3.8, 4) is 0 Å². The molecule has 95 heavy (non-hydrogen) atoms. The summed E-state index contributed by atoms with van der Waals surface area (Å²) < 4.78 is 68.5. The Morgan fingerprint density at radius 2 is 0.484 bits per heavy atom. The maximum Gasteiger partial charge on any atom is 0.472 e. The summed E-state index contributed by atoms with van der Waals surface area (Å²) in [5, 5.41) is 10.6. The third-order valence-electron chi connectivity index (χ3n) is 17.6. The molecule has 0 aromatic carbocycles. The molecule has 0 rings (SSSR count). The lowest BCUT2D eigenvalue weighted by Gasteiger charge is -2.21. The average Bonchev–Trinajstić information content (AvgIpc) is 3.31. The number of aliphatic hydroxyl groups excluding tert-OH is 1. The van der Waals surface area contributed by atoms with Crippen LogP contribution in [0.3, 0.4) is 0 Å². The van der Waals surface area contributed by atoms with Crippen LogP contribution in [0.1, 0.15) is 389 Å². The molecule has 17 nitrogen and oxygen atoms in total. The molecule has 0 aliphatic rings. The van der Waals surface area contributed by atoms with E-state index in [1.165, 1.54) is 199 Å². The van der Waals surface area contributed by atoms with Crippen molar-refractivity contribution < 1.29 is 80.2 Å². The molecule has 0 aromatic heterocycles. The van der Waals surface area contributed by atoms with E-state index in [9.17, 15) is 43.2 Å². The second kappa shape index (κ2) is 66.6. The Bertz CT molecular complexity index is 1850. The number of phosphoric acid groups is 2. The molecule has 0 aliphatic heterocycles. The molecule has 0 spiro atoms. The third-order valence-corrected chi connectivity index (χ3v) is 19.5. The van der Waals surface area contributed by atoms with Gasteiger partial charge in [0.1, 0.15) is 19.3 Å². The highest BCUT2D eigenvalue weighted by Crippen LogP contribution is 2.45. The van der Waals surface area contributed by atoms with Crippen LogP contribution < -0.4 is 0 Å². The number of aliphatic hydroxyl groups is 1. The van der Waals surface area contributed by atoms with Gasteiger partial charge in [0, 0.05) is 25.7 Å². The number of unbranched alkanes of at least 4 members (excludes halogenated alkanes) is 42. The van der Waals surface area contributed by atoms with Crippen LogP contribution >= 0.6 is 15.6 Å². The van der Waals surface area contributed by atoms with Crippen LogP contribution in [0.15, 0.2) is 0 Å². The normalized spacial score (nSPS) is 14.1. The van der Waals surface area contributed by atoms with Crippen LogP contribution in [-0.2, 0) is 65.4 Å². The number of esters is 4. The molecular formula is C76H148O17P2. The van der Waals surface area contributed by atoms with Crippen molar-refractivity contribution in [1.29, 1.82) is 0 Å². The van der Waals surface area contributed by atoms with Gasteiger partial charge in [0.2, 0.25) is 0 Å². The van der Waals surface area contributed by atoms with Crippen LogP contribution in [0.25, 0.3) is 0 Å².